The summed E-state index contributed by atoms with van der Waals surface area (Å²) in [6.07, 6.45) is 26.6. The molecule has 0 aromatic heterocycles. The van der Waals surface area contributed by atoms with E-state index in [0.29, 0.717) is 32.0 Å². The van der Waals surface area contributed by atoms with Crippen molar-refractivity contribution in [3.63, 3.8) is 0 Å². The first-order valence-electron chi connectivity index (χ1n) is 18.7. The van der Waals surface area contributed by atoms with Gasteiger partial charge in [-0.2, -0.15) is 0 Å². The Kier molecular flexibility index (Phi) is 32.0. The third kappa shape index (κ3) is 29.4. The molecule has 0 saturated carbocycles. The zero-order valence-electron chi connectivity index (χ0n) is 29.6. The lowest BCUT2D eigenvalue weighted by molar-refractivity contribution is -0.145. The highest BCUT2D eigenvalue weighted by Gasteiger charge is 2.16. The number of carbonyl (C=O) groups excluding carboxylic acids is 2. The molecule has 2 atom stereocenters. The van der Waals surface area contributed by atoms with E-state index in [1.165, 1.54) is 89.9 Å². The van der Waals surface area contributed by atoms with Crippen molar-refractivity contribution in [2.45, 2.75) is 181 Å². The van der Waals surface area contributed by atoms with Gasteiger partial charge in [0.1, 0.15) is 12.7 Å². The molecule has 0 aliphatic carbocycles. The summed E-state index contributed by atoms with van der Waals surface area (Å²) >= 11 is 0. The van der Waals surface area contributed by atoms with Crippen LogP contribution in [0.15, 0.2) is 0 Å². The molecular formula is C37H73NO6. The summed E-state index contributed by atoms with van der Waals surface area (Å²) in [7, 11) is 1.89. The van der Waals surface area contributed by atoms with Crippen molar-refractivity contribution in [3.8, 4) is 0 Å². The summed E-state index contributed by atoms with van der Waals surface area (Å²) in [6, 6.07) is 0. The lowest BCUT2D eigenvalue weighted by Gasteiger charge is -2.19. The average molecular weight is 628 g/mol. The largest absolute Gasteiger partial charge is 0.508 e. The zero-order valence-corrected chi connectivity index (χ0v) is 29.6. The Morgan fingerprint density at radius 2 is 1.11 bits per heavy atom. The lowest BCUT2D eigenvalue weighted by atomic mass is 9.96. The number of likely N-dealkylation sites (N-methyl/N-ethyl adjacent to an activating group) is 1. The van der Waals surface area contributed by atoms with Crippen LogP contribution in [-0.4, -0.2) is 68.2 Å². The molecule has 1 N–H and O–H groups in total. The first-order chi connectivity index (χ1) is 21.5. The first-order valence-corrected chi connectivity index (χ1v) is 18.7. The molecule has 0 aliphatic rings. The molecule has 262 valence electrons. The van der Waals surface area contributed by atoms with Gasteiger partial charge in [0.2, 0.25) is 0 Å². The topological polar surface area (TPSA) is 85.3 Å². The maximum absolute atomic E-state index is 12.3. The van der Waals surface area contributed by atoms with Crippen LogP contribution in [0.4, 0.5) is 4.79 Å². The average Bonchev–Trinajstić information content (AvgIpc) is 3.00. The molecule has 0 saturated heterocycles. The van der Waals surface area contributed by atoms with E-state index in [4.69, 9.17) is 19.3 Å². The quantitative estimate of drug-likeness (QED) is 0.0572. The minimum Gasteiger partial charge on any atom is -0.465 e. The van der Waals surface area contributed by atoms with Crippen molar-refractivity contribution < 1.29 is 28.9 Å². The van der Waals surface area contributed by atoms with Crippen molar-refractivity contribution in [2.24, 2.45) is 5.92 Å². The second kappa shape index (κ2) is 33.0. The number of carbonyl (C=O) groups is 2. The van der Waals surface area contributed by atoms with Crippen LogP contribution in [0, 0.1) is 5.92 Å². The molecule has 0 fully saturated rings. The molecule has 0 aromatic carbocycles. The van der Waals surface area contributed by atoms with Crippen LogP contribution in [0.1, 0.15) is 175 Å². The van der Waals surface area contributed by atoms with Crippen LogP contribution in [0.25, 0.3) is 0 Å². The van der Waals surface area contributed by atoms with E-state index >= 15 is 0 Å². The summed E-state index contributed by atoms with van der Waals surface area (Å²) < 4.78 is 16.7. The molecule has 7 heteroatoms. The summed E-state index contributed by atoms with van der Waals surface area (Å²) in [5.74, 6) is 0.493. The Hall–Kier alpha value is -1.34. The van der Waals surface area contributed by atoms with Gasteiger partial charge in [-0.1, -0.05) is 124 Å². The van der Waals surface area contributed by atoms with Crippen LogP contribution in [0.5, 0.6) is 0 Å². The van der Waals surface area contributed by atoms with Gasteiger partial charge < -0.3 is 24.2 Å². The van der Waals surface area contributed by atoms with Crippen molar-refractivity contribution in [3.05, 3.63) is 0 Å². The number of rotatable bonds is 33. The molecule has 0 aliphatic heterocycles. The Morgan fingerprint density at radius 3 is 1.70 bits per heavy atom. The number of aliphatic hydroxyl groups is 1. The van der Waals surface area contributed by atoms with E-state index in [9.17, 15) is 9.59 Å². The molecule has 0 spiro atoms. The monoisotopic (exact) mass is 628 g/mol. The number of aliphatic hydroxyl groups excluding tert-OH is 1. The predicted octanol–water partition coefficient (Wildman–Crippen LogP) is 10.0. The fourth-order valence-electron chi connectivity index (χ4n) is 5.62. The van der Waals surface area contributed by atoms with E-state index in [1.807, 2.05) is 11.9 Å². The number of ether oxygens (including phenoxy) is 3. The number of esters is 1. The minimum absolute atomic E-state index is 0.0302. The molecule has 0 radical (unpaired) electrons. The molecule has 0 amide bonds. The predicted molar refractivity (Wildman–Crippen MR) is 183 cm³/mol. The van der Waals surface area contributed by atoms with E-state index in [-0.39, 0.29) is 25.3 Å². The Balaban J connectivity index is 4.20. The van der Waals surface area contributed by atoms with Gasteiger partial charge in [0, 0.05) is 19.5 Å². The molecule has 0 heterocycles. The van der Waals surface area contributed by atoms with Crippen molar-refractivity contribution in [1.29, 1.82) is 0 Å². The SMILES string of the molecule is CCCCCCCCCC(CCCCCCCCC(=O)OCC(CCCC)CCCCCC)OC(=O)OCCN(C)CCO. The third-order valence-corrected chi connectivity index (χ3v) is 8.64. The number of hydrogen-bond donors (Lipinski definition) is 1. The molecular weight excluding hydrogens is 554 g/mol. The van der Waals surface area contributed by atoms with Crippen LogP contribution in [0.3, 0.4) is 0 Å². The summed E-state index contributed by atoms with van der Waals surface area (Å²) in [4.78, 5) is 26.5. The maximum atomic E-state index is 12.3. The Morgan fingerprint density at radius 1 is 0.614 bits per heavy atom. The number of unbranched alkanes of at least 4 members (excludes halogenated alkanes) is 15. The fourth-order valence-corrected chi connectivity index (χ4v) is 5.62. The molecule has 0 bridgehead atoms. The molecule has 0 rings (SSSR count). The van der Waals surface area contributed by atoms with E-state index in [1.54, 1.807) is 0 Å². The van der Waals surface area contributed by atoms with Crippen LogP contribution in [0.2, 0.25) is 0 Å². The zero-order chi connectivity index (χ0) is 32.5. The van der Waals surface area contributed by atoms with Gasteiger partial charge >= 0.3 is 12.1 Å². The van der Waals surface area contributed by atoms with E-state index in [2.05, 4.69) is 20.8 Å². The van der Waals surface area contributed by atoms with E-state index < -0.39 is 6.16 Å². The van der Waals surface area contributed by atoms with Gasteiger partial charge in [0.05, 0.1) is 13.2 Å². The fraction of sp³-hybridized carbons (Fsp3) is 0.946. The molecule has 7 nitrogen and oxygen atoms in total. The number of hydrogen-bond acceptors (Lipinski definition) is 7. The second-order valence-electron chi connectivity index (χ2n) is 13.0. The lowest BCUT2D eigenvalue weighted by Crippen LogP contribution is -2.28. The minimum atomic E-state index is -0.574. The maximum Gasteiger partial charge on any atom is 0.508 e. The van der Waals surface area contributed by atoms with E-state index in [0.717, 1.165) is 57.8 Å². The second-order valence-corrected chi connectivity index (χ2v) is 13.0. The summed E-state index contributed by atoms with van der Waals surface area (Å²) in [5, 5.41) is 9.01. The van der Waals surface area contributed by atoms with Crippen molar-refractivity contribution in [1.82, 2.24) is 4.90 Å². The normalized spacial score (nSPS) is 12.8. The summed E-state index contributed by atoms with van der Waals surface area (Å²) in [5.41, 5.74) is 0. The van der Waals surface area contributed by atoms with Gasteiger partial charge in [0.25, 0.3) is 0 Å². The van der Waals surface area contributed by atoms with Crippen LogP contribution in [-0.2, 0) is 19.0 Å². The highest BCUT2D eigenvalue weighted by atomic mass is 16.7. The van der Waals surface area contributed by atoms with Crippen molar-refractivity contribution >= 4 is 12.1 Å². The van der Waals surface area contributed by atoms with Gasteiger partial charge in [0.15, 0.2) is 0 Å². The molecule has 0 aromatic rings. The number of nitrogens with zero attached hydrogens (tertiary/aromatic N) is 1. The third-order valence-electron chi connectivity index (χ3n) is 8.64. The smallest absolute Gasteiger partial charge is 0.465 e. The van der Waals surface area contributed by atoms with Crippen LogP contribution >= 0.6 is 0 Å². The first kappa shape index (κ1) is 42.7. The van der Waals surface area contributed by atoms with Gasteiger partial charge in [-0.05, 0) is 57.9 Å². The molecule has 44 heavy (non-hydrogen) atoms. The van der Waals surface area contributed by atoms with Gasteiger partial charge in [-0.15, -0.1) is 0 Å². The highest BCUT2D eigenvalue weighted by molar-refractivity contribution is 5.69. The van der Waals surface area contributed by atoms with Crippen molar-refractivity contribution in [2.75, 3.05) is 40.0 Å². The Bertz CT molecular complexity index is 631. The standard InChI is InChI=1S/C37H73NO6/c1-5-8-11-13-14-17-21-26-35(44-37(41)42-32-30-38(4)29-31-39)27-22-18-15-16-19-23-28-36(40)43-33-34(24-10-7-3)25-20-12-9-6-2/h34-35,39H,5-33H2,1-4H3. The molecule has 2 unspecified atom stereocenters. The van der Waals surface area contributed by atoms with Gasteiger partial charge in [-0.25, -0.2) is 4.79 Å². The summed E-state index contributed by atoms with van der Waals surface area (Å²) in [6.45, 7) is 8.80. The highest BCUT2D eigenvalue weighted by Crippen LogP contribution is 2.20. The van der Waals surface area contributed by atoms with Gasteiger partial charge in [-0.3, -0.25) is 4.79 Å². The van der Waals surface area contributed by atoms with Crippen LogP contribution < -0.4 is 0 Å². The Labute approximate surface area is 272 Å².